The van der Waals surface area contributed by atoms with Gasteiger partial charge in [0.15, 0.2) is 0 Å². The maximum Gasteiger partial charge on any atom is 0.243 e. The van der Waals surface area contributed by atoms with Crippen molar-refractivity contribution in [3.8, 4) is 10.4 Å². The van der Waals surface area contributed by atoms with E-state index >= 15 is 0 Å². The minimum Gasteiger partial charge on any atom is -0.348 e. The van der Waals surface area contributed by atoms with Crippen molar-refractivity contribution in [2.45, 2.75) is 52.6 Å². The highest BCUT2D eigenvalue weighted by atomic mass is 32.1. The number of likely N-dealkylation sites (tertiary alicyclic amines) is 1. The Balaban J connectivity index is 1.66. The van der Waals surface area contributed by atoms with Gasteiger partial charge < -0.3 is 10.2 Å². The molecule has 5 nitrogen and oxygen atoms in total. The second-order valence-electron chi connectivity index (χ2n) is 7.46. The van der Waals surface area contributed by atoms with Crippen molar-refractivity contribution in [3.05, 3.63) is 41.0 Å². The van der Waals surface area contributed by atoms with Crippen molar-refractivity contribution in [3.63, 3.8) is 0 Å². The lowest BCUT2D eigenvalue weighted by Gasteiger charge is -2.27. The molecule has 1 aliphatic heterocycles. The topological polar surface area (TPSA) is 62.3 Å². The van der Waals surface area contributed by atoms with Crippen LogP contribution in [0, 0.1) is 12.8 Å². The molecule has 2 amide bonds. The third-order valence-corrected chi connectivity index (χ3v) is 6.09. The summed E-state index contributed by atoms with van der Waals surface area (Å²) in [6.45, 7) is 8.42. The van der Waals surface area contributed by atoms with E-state index in [1.807, 2.05) is 45.3 Å². The van der Waals surface area contributed by atoms with Crippen LogP contribution in [-0.2, 0) is 9.59 Å². The van der Waals surface area contributed by atoms with E-state index in [2.05, 4.69) is 22.4 Å². The monoisotopic (exact) mass is 385 g/mol. The molecule has 1 aromatic carbocycles. The van der Waals surface area contributed by atoms with E-state index in [-0.39, 0.29) is 29.8 Å². The predicted octanol–water partition coefficient (Wildman–Crippen LogP) is 3.94. The summed E-state index contributed by atoms with van der Waals surface area (Å²) in [5.41, 5.74) is 5.08. The lowest BCUT2D eigenvalue weighted by atomic mass is 10.0. The number of aromatic nitrogens is 1. The van der Waals surface area contributed by atoms with Crippen molar-refractivity contribution in [2.24, 2.45) is 5.92 Å². The van der Waals surface area contributed by atoms with E-state index in [4.69, 9.17) is 0 Å². The van der Waals surface area contributed by atoms with Gasteiger partial charge in [-0.2, -0.15) is 0 Å². The number of nitrogens with one attached hydrogen (secondary N) is 1. The maximum absolute atomic E-state index is 12.8. The number of amides is 2. The van der Waals surface area contributed by atoms with Crippen molar-refractivity contribution < 1.29 is 9.59 Å². The summed E-state index contributed by atoms with van der Waals surface area (Å²) in [5.74, 6) is -0.0838. The highest BCUT2D eigenvalue weighted by molar-refractivity contribution is 7.13. The summed E-state index contributed by atoms with van der Waals surface area (Å²) in [7, 11) is 0. The molecular formula is C21H27N3O2S. The number of carbonyl (C=O) groups is 2. The lowest BCUT2D eigenvalue weighted by molar-refractivity contribution is -0.141. The fourth-order valence-corrected chi connectivity index (χ4v) is 4.34. The molecule has 1 aromatic heterocycles. The quantitative estimate of drug-likeness (QED) is 0.848. The van der Waals surface area contributed by atoms with Crippen LogP contribution in [0.25, 0.3) is 10.4 Å². The van der Waals surface area contributed by atoms with Crippen molar-refractivity contribution in [1.82, 2.24) is 15.2 Å². The molecule has 1 fully saturated rings. The Hall–Kier alpha value is -2.21. The fourth-order valence-electron chi connectivity index (χ4n) is 3.53. The van der Waals surface area contributed by atoms with Crippen LogP contribution in [0.2, 0.25) is 0 Å². The highest BCUT2D eigenvalue weighted by Crippen LogP contribution is 2.28. The first-order valence-electron chi connectivity index (χ1n) is 9.49. The SMILES string of the molecule is Cc1ncsc1-c1ccc(C(C)NC(=O)C2CCCN2C(=O)C(C)C)cc1. The Bertz CT molecular complexity index is 813. The van der Waals surface area contributed by atoms with Crippen molar-refractivity contribution in [2.75, 3.05) is 6.54 Å². The molecule has 2 aromatic rings. The second kappa shape index (κ2) is 8.21. The minimum atomic E-state index is -0.346. The van der Waals surface area contributed by atoms with Gasteiger partial charge >= 0.3 is 0 Å². The first kappa shape index (κ1) is 19.5. The molecule has 2 atom stereocenters. The third kappa shape index (κ3) is 4.21. The Morgan fingerprint density at radius 2 is 1.93 bits per heavy atom. The Labute approximate surface area is 164 Å². The normalized spacial score (nSPS) is 18.0. The van der Waals surface area contributed by atoms with Gasteiger partial charge in [-0.05, 0) is 37.8 Å². The average Bonchev–Trinajstić information content (AvgIpc) is 3.30. The molecule has 1 saturated heterocycles. The molecule has 0 spiro atoms. The summed E-state index contributed by atoms with van der Waals surface area (Å²) in [6.07, 6.45) is 1.62. The van der Waals surface area contributed by atoms with Gasteiger partial charge in [-0.1, -0.05) is 38.1 Å². The molecule has 3 rings (SSSR count). The van der Waals surface area contributed by atoms with E-state index in [0.29, 0.717) is 6.54 Å². The van der Waals surface area contributed by atoms with Crippen LogP contribution < -0.4 is 5.32 Å². The van der Waals surface area contributed by atoms with Gasteiger partial charge in [0.25, 0.3) is 0 Å². The number of hydrogen-bond donors (Lipinski definition) is 1. The van der Waals surface area contributed by atoms with Crippen LogP contribution in [-0.4, -0.2) is 34.3 Å². The highest BCUT2D eigenvalue weighted by Gasteiger charge is 2.35. The lowest BCUT2D eigenvalue weighted by Crippen LogP contribution is -2.47. The third-order valence-electron chi connectivity index (χ3n) is 5.11. The second-order valence-corrected chi connectivity index (χ2v) is 8.32. The number of aryl methyl sites for hydroxylation is 1. The van der Waals surface area contributed by atoms with Crippen LogP contribution in [0.5, 0.6) is 0 Å². The molecule has 0 bridgehead atoms. The largest absolute Gasteiger partial charge is 0.348 e. The van der Waals surface area contributed by atoms with Crippen LogP contribution in [0.4, 0.5) is 0 Å². The van der Waals surface area contributed by atoms with Crippen LogP contribution in [0.3, 0.4) is 0 Å². The Kier molecular flexibility index (Phi) is 5.95. The molecule has 27 heavy (non-hydrogen) atoms. The summed E-state index contributed by atoms with van der Waals surface area (Å²) < 4.78 is 0. The van der Waals surface area contributed by atoms with Gasteiger partial charge in [-0.25, -0.2) is 4.98 Å². The van der Waals surface area contributed by atoms with Crippen molar-refractivity contribution in [1.29, 1.82) is 0 Å². The molecule has 6 heteroatoms. The number of thiazole rings is 1. The fraction of sp³-hybridized carbons (Fsp3) is 0.476. The van der Waals surface area contributed by atoms with Crippen LogP contribution >= 0.6 is 11.3 Å². The van der Waals surface area contributed by atoms with E-state index in [1.54, 1.807) is 16.2 Å². The summed E-state index contributed by atoms with van der Waals surface area (Å²) >= 11 is 1.63. The molecule has 2 unspecified atom stereocenters. The van der Waals surface area contributed by atoms with E-state index in [1.165, 1.54) is 4.88 Å². The first-order valence-corrected chi connectivity index (χ1v) is 10.4. The van der Waals surface area contributed by atoms with Gasteiger partial charge in [0.1, 0.15) is 6.04 Å². The van der Waals surface area contributed by atoms with Crippen LogP contribution in [0.15, 0.2) is 29.8 Å². The molecule has 0 radical (unpaired) electrons. The van der Waals surface area contributed by atoms with Gasteiger partial charge in [0.2, 0.25) is 11.8 Å². The molecular weight excluding hydrogens is 358 g/mol. The maximum atomic E-state index is 12.8. The number of hydrogen-bond acceptors (Lipinski definition) is 4. The van der Waals surface area contributed by atoms with Gasteiger partial charge in [0, 0.05) is 12.5 Å². The zero-order valence-electron chi connectivity index (χ0n) is 16.4. The summed E-state index contributed by atoms with van der Waals surface area (Å²) in [6, 6.07) is 7.79. The zero-order chi connectivity index (χ0) is 19.6. The van der Waals surface area contributed by atoms with E-state index in [9.17, 15) is 9.59 Å². The molecule has 1 N–H and O–H groups in total. The molecule has 144 valence electrons. The van der Waals surface area contributed by atoms with Gasteiger partial charge in [-0.3, -0.25) is 9.59 Å². The molecule has 0 aliphatic carbocycles. The van der Waals surface area contributed by atoms with Crippen LogP contribution in [0.1, 0.15) is 50.9 Å². The standard InChI is InChI=1S/C21H27N3O2S/c1-13(2)21(26)24-11-5-6-18(24)20(25)23-14(3)16-7-9-17(10-8-16)19-15(4)22-12-27-19/h7-10,12-14,18H,5-6,11H2,1-4H3,(H,23,25). The minimum absolute atomic E-state index is 0.0589. The predicted molar refractivity (Wildman–Crippen MR) is 108 cm³/mol. The molecule has 1 aliphatic rings. The average molecular weight is 386 g/mol. The first-order chi connectivity index (χ1) is 12.9. The van der Waals surface area contributed by atoms with Gasteiger partial charge in [-0.15, -0.1) is 11.3 Å². The number of nitrogens with zero attached hydrogens (tertiary/aromatic N) is 2. The van der Waals surface area contributed by atoms with E-state index in [0.717, 1.165) is 29.7 Å². The van der Waals surface area contributed by atoms with Gasteiger partial charge in [0.05, 0.1) is 22.1 Å². The number of benzene rings is 1. The summed E-state index contributed by atoms with van der Waals surface area (Å²) in [4.78, 5) is 32.3. The Morgan fingerprint density at radius 3 is 2.52 bits per heavy atom. The molecule has 2 heterocycles. The smallest absolute Gasteiger partial charge is 0.243 e. The zero-order valence-corrected chi connectivity index (χ0v) is 17.2. The number of rotatable bonds is 5. The Morgan fingerprint density at radius 1 is 1.22 bits per heavy atom. The molecule has 0 saturated carbocycles. The summed E-state index contributed by atoms with van der Waals surface area (Å²) in [5, 5.41) is 3.08. The van der Waals surface area contributed by atoms with E-state index < -0.39 is 0 Å². The van der Waals surface area contributed by atoms with Crippen molar-refractivity contribution >= 4 is 23.2 Å². The number of carbonyl (C=O) groups excluding carboxylic acids is 2.